The lowest BCUT2D eigenvalue weighted by Gasteiger charge is -2.18. The molecule has 1 saturated heterocycles. The molecular weight excluding hydrogens is 254 g/mol. The number of carbonyl (C=O) groups excluding carboxylic acids is 1. The quantitative estimate of drug-likeness (QED) is 0.767. The number of benzene rings is 1. The number of carbonyl (C=O) groups is 1. The van der Waals surface area contributed by atoms with Gasteiger partial charge in [-0.05, 0) is 24.6 Å². The van der Waals surface area contributed by atoms with Crippen molar-refractivity contribution in [2.75, 3.05) is 12.3 Å². The fraction of sp³-hybridized carbons (Fsp3) is 0.308. The van der Waals surface area contributed by atoms with Crippen molar-refractivity contribution in [2.45, 2.75) is 12.3 Å². The molecule has 1 fully saturated rings. The van der Waals surface area contributed by atoms with Gasteiger partial charge in [-0.2, -0.15) is 0 Å². The Hall–Kier alpha value is -0.930. The molecule has 2 nitrogen and oxygen atoms in total. The third-order valence-corrected chi connectivity index (χ3v) is 4.22. The maximum atomic E-state index is 11.9. The molecule has 1 aliphatic rings. The maximum absolute atomic E-state index is 11.9. The van der Waals surface area contributed by atoms with Gasteiger partial charge in [-0.3, -0.25) is 4.79 Å². The van der Waals surface area contributed by atoms with Gasteiger partial charge in [-0.15, -0.1) is 11.8 Å². The van der Waals surface area contributed by atoms with E-state index in [1.807, 2.05) is 29.2 Å². The van der Waals surface area contributed by atoms with Crippen molar-refractivity contribution < 1.29 is 4.79 Å². The van der Waals surface area contributed by atoms with Gasteiger partial charge in [0.05, 0.1) is 5.37 Å². The van der Waals surface area contributed by atoms with Crippen LogP contribution < -0.4 is 0 Å². The lowest BCUT2D eigenvalue weighted by molar-refractivity contribution is -0.125. The Bertz CT molecular complexity index is 447. The second-order valence-corrected chi connectivity index (χ2v) is 5.69. The lowest BCUT2D eigenvalue weighted by atomic mass is 10.2. The van der Waals surface area contributed by atoms with Crippen molar-refractivity contribution in [1.82, 2.24) is 4.90 Å². The summed E-state index contributed by atoms with van der Waals surface area (Å²) in [6.07, 6.45) is 3.38. The Morgan fingerprint density at radius 1 is 1.53 bits per heavy atom. The highest BCUT2D eigenvalue weighted by Gasteiger charge is 2.23. The van der Waals surface area contributed by atoms with Gasteiger partial charge >= 0.3 is 0 Å². The molecule has 4 heteroatoms. The summed E-state index contributed by atoms with van der Waals surface area (Å²) in [5.41, 5.74) is 0.877. The molecule has 1 unspecified atom stereocenters. The van der Waals surface area contributed by atoms with Crippen molar-refractivity contribution in [1.29, 1.82) is 0 Å². The Morgan fingerprint density at radius 2 is 2.29 bits per heavy atom. The monoisotopic (exact) mass is 267 g/mol. The summed E-state index contributed by atoms with van der Waals surface area (Å²) >= 11 is 7.82. The average Bonchev–Trinajstić information content (AvgIpc) is 2.74. The summed E-state index contributed by atoms with van der Waals surface area (Å²) in [7, 11) is 0. The molecule has 0 N–H and O–H groups in total. The zero-order valence-electron chi connectivity index (χ0n) is 9.60. The van der Waals surface area contributed by atoms with Crippen LogP contribution in [0.3, 0.4) is 0 Å². The summed E-state index contributed by atoms with van der Waals surface area (Å²) in [6, 6.07) is 7.50. The minimum atomic E-state index is 0.0578. The van der Waals surface area contributed by atoms with E-state index in [4.69, 9.17) is 11.6 Å². The zero-order chi connectivity index (χ0) is 12.3. The van der Waals surface area contributed by atoms with Crippen LogP contribution in [0.2, 0.25) is 5.02 Å². The van der Waals surface area contributed by atoms with Crippen LogP contribution in [-0.4, -0.2) is 28.5 Å². The maximum Gasteiger partial charge on any atom is 0.247 e. The van der Waals surface area contributed by atoms with Crippen molar-refractivity contribution in [3.63, 3.8) is 0 Å². The first-order chi connectivity index (χ1) is 8.18. The van der Waals surface area contributed by atoms with Crippen LogP contribution in [0.15, 0.2) is 30.3 Å². The molecule has 1 aromatic carbocycles. The van der Waals surface area contributed by atoms with Crippen LogP contribution in [0.4, 0.5) is 0 Å². The van der Waals surface area contributed by atoms with E-state index in [1.54, 1.807) is 23.9 Å². The summed E-state index contributed by atoms with van der Waals surface area (Å²) < 4.78 is 0. The molecular formula is C13H14ClNOS. The highest BCUT2D eigenvalue weighted by atomic mass is 35.5. The van der Waals surface area contributed by atoms with E-state index in [1.165, 1.54) is 0 Å². The van der Waals surface area contributed by atoms with Crippen LogP contribution in [0, 0.1) is 0 Å². The number of amides is 1. The minimum absolute atomic E-state index is 0.0578. The second kappa shape index (κ2) is 5.61. The van der Waals surface area contributed by atoms with Crippen molar-refractivity contribution in [2.24, 2.45) is 0 Å². The smallest absolute Gasteiger partial charge is 0.247 e. The van der Waals surface area contributed by atoms with Crippen molar-refractivity contribution in [3.05, 3.63) is 40.9 Å². The van der Waals surface area contributed by atoms with E-state index < -0.39 is 0 Å². The average molecular weight is 268 g/mol. The number of rotatable bonds is 2. The molecule has 2 rings (SSSR count). The number of thioether (sulfide) groups is 1. The van der Waals surface area contributed by atoms with Gasteiger partial charge in [0.2, 0.25) is 5.91 Å². The number of nitrogens with zero attached hydrogens (tertiary/aromatic N) is 1. The topological polar surface area (TPSA) is 20.3 Å². The molecule has 0 saturated carbocycles. The largest absolute Gasteiger partial charge is 0.327 e. The lowest BCUT2D eigenvalue weighted by Crippen LogP contribution is -2.31. The molecule has 1 atom stereocenters. The highest BCUT2D eigenvalue weighted by molar-refractivity contribution is 8.00. The van der Waals surface area contributed by atoms with Gasteiger partial charge < -0.3 is 4.90 Å². The number of hydrogen-bond donors (Lipinski definition) is 0. The van der Waals surface area contributed by atoms with Gasteiger partial charge in [0.25, 0.3) is 0 Å². The van der Waals surface area contributed by atoms with E-state index in [0.29, 0.717) is 5.02 Å². The summed E-state index contributed by atoms with van der Waals surface area (Å²) in [5, 5.41) is 0.943. The summed E-state index contributed by atoms with van der Waals surface area (Å²) in [4.78, 5) is 13.8. The van der Waals surface area contributed by atoms with E-state index in [0.717, 1.165) is 17.9 Å². The first-order valence-corrected chi connectivity index (χ1v) is 6.96. The predicted molar refractivity (Wildman–Crippen MR) is 74.1 cm³/mol. The predicted octanol–water partition coefficient (Wildman–Crippen LogP) is 3.27. The minimum Gasteiger partial charge on any atom is -0.327 e. The van der Waals surface area contributed by atoms with Crippen molar-refractivity contribution >= 4 is 35.3 Å². The molecule has 90 valence electrons. The molecule has 17 heavy (non-hydrogen) atoms. The van der Waals surface area contributed by atoms with E-state index in [2.05, 4.69) is 6.92 Å². The standard InChI is InChI=1S/C13H14ClNOS/c1-10-15(8-9-17-10)13(16)7-6-11-4-2-3-5-12(11)14/h2-7,10H,8-9H2,1H3/b7-6+. The molecule has 1 amide bonds. The Balaban J connectivity index is 2.06. The molecule has 1 heterocycles. The zero-order valence-corrected chi connectivity index (χ0v) is 11.2. The Labute approximate surface area is 111 Å². The molecule has 1 aliphatic heterocycles. The number of halogens is 1. The molecule has 0 spiro atoms. The Morgan fingerprint density at radius 3 is 2.94 bits per heavy atom. The van der Waals surface area contributed by atoms with Gasteiger partial charge in [-0.25, -0.2) is 0 Å². The summed E-state index contributed by atoms with van der Waals surface area (Å²) in [6.45, 7) is 2.89. The van der Waals surface area contributed by atoms with Crippen LogP contribution in [0.5, 0.6) is 0 Å². The van der Waals surface area contributed by atoms with Crippen LogP contribution in [0.25, 0.3) is 6.08 Å². The molecule has 0 aromatic heterocycles. The van der Waals surface area contributed by atoms with Crippen LogP contribution >= 0.6 is 23.4 Å². The third kappa shape index (κ3) is 3.05. The summed E-state index contributed by atoms with van der Waals surface area (Å²) in [5.74, 6) is 1.08. The first-order valence-electron chi connectivity index (χ1n) is 5.53. The Kier molecular flexibility index (Phi) is 4.13. The van der Waals surface area contributed by atoms with Gasteiger partial charge in [-0.1, -0.05) is 29.8 Å². The highest BCUT2D eigenvalue weighted by Crippen LogP contribution is 2.23. The van der Waals surface area contributed by atoms with Crippen LogP contribution in [-0.2, 0) is 4.79 Å². The van der Waals surface area contributed by atoms with Crippen molar-refractivity contribution in [3.8, 4) is 0 Å². The molecule has 1 aromatic rings. The van der Waals surface area contributed by atoms with Gasteiger partial charge in [0, 0.05) is 23.4 Å². The molecule has 0 aliphatic carbocycles. The fourth-order valence-electron chi connectivity index (χ4n) is 1.75. The second-order valence-electron chi connectivity index (χ2n) is 3.86. The molecule has 0 radical (unpaired) electrons. The molecule has 0 bridgehead atoms. The van der Waals surface area contributed by atoms with Gasteiger partial charge in [0.15, 0.2) is 0 Å². The van der Waals surface area contributed by atoms with E-state index in [-0.39, 0.29) is 11.3 Å². The normalized spacial score (nSPS) is 20.1. The van der Waals surface area contributed by atoms with Gasteiger partial charge in [0.1, 0.15) is 0 Å². The first kappa shape index (κ1) is 12.5. The fourth-order valence-corrected chi connectivity index (χ4v) is 2.98. The van der Waals surface area contributed by atoms with Crippen LogP contribution in [0.1, 0.15) is 12.5 Å². The van der Waals surface area contributed by atoms with E-state index in [9.17, 15) is 4.79 Å². The number of hydrogen-bond acceptors (Lipinski definition) is 2. The van der Waals surface area contributed by atoms with E-state index >= 15 is 0 Å². The SMILES string of the molecule is CC1SCCN1C(=O)/C=C/c1ccccc1Cl. The third-order valence-electron chi connectivity index (χ3n) is 2.72.